The Hall–Kier alpha value is -2.83. The standard InChI is InChI=1S/C18H19F2N3O2/c1-11-7-8-21-15(9-11)22-16(24)10-23(3)18(25)12(2)17-13(19)5-4-6-14(17)20/h4-9,12H,10H2,1-3H3,(H,21,22,24)/t12-/m0/s1. The number of nitrogens with zero attached hydrogens (tertiary/aromatic N) is 2. The summed E-state index contributed by atoms with van der Waals surface area (Å²) in [6, 6.07) is 6.90. The minimum absolute atomic E-state index is 0.255. The van der Waals surface area contributed by atoms with Crippen molar-refractivity contribution in [2.45, 2.75) is 19.8 Å². The molecular formula is C18H19F2N3O2. The molecule has 0 saturated heterocycles. The van der Waals surface area contributed by atoms with Gasteiger partial charge in [-0.05, 0) is 43.7 Å². The average molecular weight is 347 g/mol. The fourth-order valence-electron chi connectivity index (χ4n) is 2.46. The van der Waals surface area contributed by atoms with Crippen LogP contribution in [0, 0.1) is 18.6 Å². The van der Waals surface area contributed by atoms with E-state index in [2.05, 4.69) is 10.3 Å². The first-order valence-corrected chi connectivity index (χ1v) is 7.71. The molecule has 0 bridgehead atoms. The van der Waals surface area contributed by atoms with Crippen LogP contribution in [0.2, 0.25) is 0 Å². The summed E-state index contributed by atoms with van der Waals surface area (Å²) < 4.78 is 27.6. The van der Waals surface area contributed by atoms with E-state index in [0.29, 0.717) is 5.82 Å². The van der Waals surface area contributed by atoms with Gasteiger partial charge in [-0.15, -0.1) is 0 Å². The maximum Gasteiger partial charge on any atom is 0.245 e. The number of rotatable bonds is 5. The normalized spacial score (nSPS) is 11.7. The van der Waals surface area contributed by atoms with Crippen molar-refractivity contribution in [3.8, 4) is 0 Å². The monoisotopic (exact) mass is 347 g/mol. The van der Waals surface area contributed by atoms with E-state index in [1.54, 1.807) is 18.3 Å². The highest BCUT2D eigenvalue weighted by atomic mass is 19.1. The van der Waals surface area contributed by atoms with E-state index in [1.807, 2.05) is 6.92 Å². The summed E-state index contributed by atoms with van der Waals surface area (Å²) in [5.41, 5.74) is 0.624. The van der Waals surface area contributed by atoms with E-state index in [0.717, 1.165) is 22.6 Å². The van der Waals surface area contributed by atoms with Crippen LogP contribution >= 0.6 is 0 Å². The summed E-state index contributed by atoms with van der Waals surface area (Å²) in [7, 11) is 1.40. The zero-order valence-corrected chi connectivity index (χ0v) is 14.2. The van der Waals surface area contributed by atoms with Crippen LogP contribution in [0.15, 0.2) is 36.5 Å². The van der Waals surface area contributed by atoms with Crippen molar-refractivity contribution in [2.75, 3.05) is 18.9 Å². The predicted molar refractivity (Wildman–Crippen MR) is 90.0 cm³/mol. The van der Waals surface area contributed by atoms with Gasteiger partial charge in [0.05, 0.1) is 12.5 Å². The van der Waals surface area contributed by atoms with Gasteiger partial charge in [-0.1, -0.05) is 6.07 Å². The lowest BCUT2D eigenvalue weighted by molar-refractivity contribution is -0.134. The molecule has 1 heterocycles. The van der Waals surface area contributed by atoms with E-state index in [9.17, 15) is 18.4 Å². The highest BCUT2D eigenvalue weighted by Crippen LogP contribution is 2.23. The van der Waals surface area contributed by atoms with Gasteiger partial charge in [-0.3, -0.25) is 9.59 Å². The molecule has 0 unspecified atom stereocenters. The average Bonchev–Trinajstić information content (AvgIpc) is 2.53. The smallest absolute Gasteiger partial charge is 0.245 e. The van der Waals surface area contributed by atoms with E-state index >= 15 is 0 Å². The molecular weight excluding hydrogens is 328 g/mol. The second-order valence-electron chi connectivity index (χ2n) is 5.82. The second kappa shape index (κ2) is 7.83. The maximum absolute atomic E-state index is 13.8. The summed E-state index contributed by atoms with van der Waals surface area (Å²) in [6.45, 7) is 3.01. The molecule has 0 aliphatic carbocycles. The van der Waals surface area contributed by atoms with Crippen LogP contribution < -0.4 is 5.32 Å². The molecule has 0 aliphatic rings. The molecule has 5 nitrogen and oxygen atoms in total. The van der Waals surface area contributed by atoms with Crippen molar-refractivity contribution in [1.29, 1.82) is 0 Å². The number of pyridine rings is 1. The van der Waals surface area contributed by atoms with Crippen molar-refractivity contribution in [2.24, 2.45) is 0 Å². The summed E-state index contributed by atoms with van der Waals surface area (Å²) in [4.78, 5) is 29.6. The van der Waals surface area contributed by atoms with Gasteiger partial charge in [0, 0.05) is 18.8 Å². The minimum atomic E-state index is -1.05. The molecule has 1 atom stereocenters. The quantitative estimate of drug-likeness (QED) is 0.905. The molecule has 1 N–H and O–H groups in total. The van der Waals surface area contributed by atoms with Gasteiger partial charge in [0.2, 0.25) is 11.8 Å². The molecule has 0 aliphatic heterocycles. The molecule has 132 valence electrons. The number of likely N-dealkylation sites (N-methyl/N-ethyl adjacent to an activating group) is 1. The molecule has 1 aromatic carbocycles. The Kier molecular flexibility index (Phi) is 5.80. The molecule has 7 heteroatoms. The number of aryl methyl sites for hydroxylation is 1. The van der Waals surface area contributed by atoms with Crippen LogP contribution in [0.1, 0.15) is 24.0 Å². The summed E-state index contributed by atoms with van der Waals surface area (Å²) >= 11 is 0. The molecule has 0 fully saturated rings. The summed E-state index contributed by atoms with van der Waals surface area (Å²) in [5, 5.41) is 2.58. The molecule has 0 spiro atoms. The van der Waals surface area contributed by atoms with Gasteiger partial charge in [0.25, 0.3) is 0 Å². The van der Waals surface area contributed by atoms with E-state index in [1.165, 1.54) is 20.0 Å². The second-order valence-corrected chi connectivity index (χ2v) is 5.82. The zero-order chi connectivity index (χ0) is 18.6. The maximum atomic E-state index is 13.8. The number of hydrogen-bond acceptors (Lipinski definition) is 3. The highest BCUT2D eigenvalue weighted by Gasteiger charge is 2.26. The zero-order valence-electron chi connectivity index (χ0n) is 14.2. The van der Waals surface area contributed by atoms with Gasteiger partial charge in [-0.25, -0.2) is 13.8 Å². The van der Waals surface area contributed by atoms with Crippen LogP contribution in [0.3, 0.4) is 0 Å². The highest BCUT2D eigenvalue weighted by molar-refractivity contribution is 5.94. The summed E-state index contributed by atoms with van der Waals surface area (Å²) in [6.07, 6.45) is 1.56. The van der Waals surface area contributed by atoms with Crippen LogP contribution in [0.5, 0.6) is 0 Å². The third-order valence-corrected chi connectivity index (χ3v) is 3.74. The molecule has 2 amide bonds. The number of carbonyl (C=O) groups excluding carboxylic acids is 2. The first-order valence-electron chi connectivity index (χ1n) is 7.71. The SMILES string of the molecule is Cc1ccnc(NC(=O)CN(C)C(=O)[C@@H](C)c2c(F)cccc2F)c1. The fourth-order valence-corrected chi connectivity index (χ4v) is 2.46. The van der Waals surface area contributed by atoms with Crippen LogP contribution in [-0.2, 0) is 9.59 Å². The first kappa shape index (κ1) is 18.5. The minimum Gasteiger partial charge on any atom is -0.336 e. The van der Waals surface area contributed by atoms with Crippen molar-refractivity contribution in [3.63, 3.8) is 0 Å². The number of hydrogen-bond donors (Lipinski definition) is 1. The lowest BCUT2D eigenvalue weighted by Crippen LogP contribution is -2.37. The van der Waals surface area contributed by atoms with Crippen molar-refractivity contribution in [3.05, 3.63) is 59.3 Å². The Balaban J connectivity index is 2.03. The molecule has 1 aromatic heterocycles. The Labute approximate surface area is 144 Å². The fraction of sp³-hybridized carbons (Fsp3) is 0.278. The van der Waals surface area contributed by atoms with E-state index < -0.39 is 29.4 Å². The van der Waals surface area contributed by atoms with E-state index in [-0.39, 0.29) is 12.1 Å². The third kappa shape index (κ3) is 4.59. The molecule has 0 saturated carbocycles. The van der Waals surface area contributed by atoms with Gasteiger partial charge >= 0.3 is 0 Å². The van der Waals surface area contributed by atoms with Crippen molar-refractivity contribution in [1.82, 2.24) is 9.88 Å². The Bertz CT molecular complexity index is 775. The van der Waals surface area contributed by atoms with Crippen molar-refractivity contribution < 1.29 is 18.4 Å². The Morgan fingerprint density at radius 1 is 1.24 bits per heavy atom. The van der Waals surface area contributed by atoms with E-state index in [4.69, 9.17) is 0 Å². The van der Waals surface area contributed by atoms with Crippen molar-refractivity contribution >= 4 is 17.6 Å². The predicted octanol–water partition coefficient (Wildman–Crippen LogP) is 2.87. The molecule has 2 aromatic rings. The number of nitrogens with one attached hydrogen (secondary N) is 1. The van der Waals surface area contributed by atoms with Crippen LogP contribution in [-0.4, -0.2) is 35.3 Å². The first-order chi connectivity index (χ1) is 11.8. The Morgan fingerprint density at radius 3 is 2.48 bits per heavy atom. The molecule has 2 rings (SSSR count). The third-order valence-electron chi connectivity index (χ3n) is 3.74. The van der Waals surface area contributed by atoms with Gasteiger partial charge < -0.3 is 10.2 Å². The van der Waals surface area contributed by atoms with Crippen LogP contribution in [0.4, 0.5) is 14.6 Å². The number of aromatic nitrogens is 1. The van der Waals surface area contributed by atoms with Crippen LogP contribution in [0.25, 0.3) is 0 Å². The number of carbonyl (C=O) groups is 2. The Morgan fingerprint density at radius 2 is 1.88 bits per heavy atom. The molecule has 0 radical (unpaired) electrons. The van der Waals surface area contributed by atoms with Gasteiger partial charge in [0.15, 0.2) is 0 Å². The number of halogens is 2. The topological polar surface area (TPSA) is 62.3 Å². The summed E-state index contributed by atoms with van der Waals surface area (Å²) in [5.74, 6) is -3.26. The van der Waals surface area contributed by atoms with Gasteiger partial charge in [0.1, 0.15) is 17.5 Å². The number of amides is 2. The number of benzene rings is 1. The van der Waals surface area contributed by atoms with Gasteiger partial charge in [-0.2, -0.15) is 0 Å². The largest absolute Gasteiger partial charge is 0.336 e. The lowest BCUT2D eigenvalue weighted by Gasteiger charge is -2.21. The number of anilines is 1. The lowest BCUT2D eigenvalue weighted by atomic mass is 9.98. The molecule has 25 heavy (non-hydrogen) atoms.